The molecule has 7 heteroatoms. The van der Waals surface area contributed by atoms with E-state index < -0.39 is 0 Å². The zero-order valence-electron chi connectivity index (χ0n) is 15.3. The maximum atomic E-state index is 13.1. The van der Waals surface area contributed by atoms with Gasteiger partial charge in [-0.1, -0.05) is 53.7 Å². The van der Waals surface area contributed by atoms with E-state index in [0.717, 1.165) is 11.1 Å². The first-order valence-corrected chi connectivity index (χ1v) is 9.95. The third-order valence-corrected chi connectivity index (χ3v) is 5.63. The molecule has 3 rings (SSSR count). The van der Waals surface area contributed by atoms with E-state index in [9.17, 15) is 9.18 Å². The lowest BCUT2D eigenvalue weighted by Crippen LogP contribution is -2.32. The Hall–Kier alpha value is -2.44. The van der Waals surface area contributed by atoms with E-state index in [4.69, 9.17) is 11.6 Å². The summed E-state index contributed by atoms with van der Waals surface area (Å²) in [6.45, 7) is 5.88. The summed E-state index contributed by atoms with van der Waals surface area (Å²) < 4.78 is 13.1. The molecule has 1 amide bonds. The molecule has 1 heterocycles. The summed E-state index contributed by atoms with van der Waals surface area (Å²) in [5.74, 6) is -0.324. The van der Waals surface area contributed by atoms with Gasteiger partial charge in [-0.25, -0.2) is 4.39 Å². The summed E-state index contributed by atoms with van der Waals surface area (Å²) in [6, 6.07) is 13.5. The molecule has 28 heavy (non-hydrogen) atoms. The molecule has 0 saturated carbocycles. The third-order valence-electron chi connectivity index (χ3n) is 4.21. The van der Waals surface area contributed by atoms with Gasteiger partial charge in [-0.15, -0.1) is 11.7 Å². The minimum absolute atomic E-state index is 0.0202. The average molecular weight is 416 g/mol. The highest BCUT2D eigenvalue weighted by Crippen LogP contribution is 2.30. The Morgan fingerprint density at radius 2 is 1.93 bits per heavy atom. The quantitative estimate of drug-likeness (QED) is 0.381. The molecule has 0 spiro atoms. The van der Waals surface area contributed by atoms with E-state index in [1.54, 1.807) is 30.0 Å². The number of amidine groups is 1. The second-order valence-corrected chi connectivity index (χ2v) is 7.86. The first-order valence-electron chi connectivity index (χ1n) is 8.69. The molecule has 0 radical (unpaired) electrons. The van der Waals surface area contributed by atoms with Gasteiger partial charge in [-0.3, -0.25) is 9.69 Å². The maximum absolute atomic E-state index is 13.1. The number of halogens is 2. The van der Waals surface area contributed by atoms with Crippen molar-refractivity contribution in [3.05, 3.63) is 83.2 Å². The number of hydrogen-bond donors (Lipinski definition) is 0. The Kier molecular flexibility index (Phi) is 6.65. The number of amides is 1. The van der Waals surface area contributed by atoms with E-state index in [1.165, 1.54) is 23.9 Å². The Morgan fingerprint density at radius 1 is 1.25 bits per heavy atom. The smallest absolute Gasteiger partial charge is 0.242 e. The molecule has 1 aliphatic rings. The zero-order chi connectivity index (χ0) is 20.1. The minimum atomic E-state index is -0.304. The molecular weight excluding hydrogens is 397 g/mol. The van der Waals surface area contributed by atoms with Gasteiger partial charge in [0.2, 0.25) is 5.91 Å². The highest BCUT2D eigenvalue weighted by atomic mass is 35.5. The fourth-order valence-corrected chi connectivity index (χ4v) is 3.98. The number of thioether (sulfide) groups is 1. The van der Waals surface area contributed by atoms with E-state index in [1.807, 2.05) is 24.3 Å². The van der Waals surface area contributed by atoms with Gasteiger partial charge in [0.15, 0.2) is 5.17 Å². The van der Waals surface area contributed by atoms with E-state index in [0.29, 0.717) is 28.9 Å². The Labute approximate surface area is 172 Å². The molecule has 0 N–H and O–H groups in total. The summed E-state index contributed by atoms with van der Waals surface area (Å²) in [5, 5.41) is 9.45. The molecule has 0 aromatic heterocycles. The van der Waals surface area contributed by atoms with Crippen LogP contribution in [0.15, 0.2) is 71.4 Å². The van der Waals surface area contributed by atoms with Crippen LogP contribution in [0.3, 0.4) is 0 Å². The van der Waals surface area contributed by atoms with Crippen LogP contribution in [0.4, 0.5) is 4.39 Å². The molecule has 144 valence electrons. The molecule has 1 unspecified atom stereocenters. The van der Waals surface area contributed by atoms with Crippen molar-refractivity contribution in [2.24, 2.45) is 10.2 Å². The van der Waals surface area contributed by atoms with Crippen LogP contribution in [0, 0.1) is 5.82 Å². The normalized spacial score (nSPS) is 18.8. The maximum Gasteiger partial charge on any atom is 0.242 e. The van der Waals surface area contributed by atoms with Crippen molar-refractivity contribution in [2.45, 2.75) is 18.6 Å². The van der Waals surface area contributed by atoms with Crippen molar-refractivity contribution >= 4 is 40.1 Å². The van der Waals surface area contributed by atoms with Crippen molar-refractivity contribution < 1.29 is 9.18 Å². The predicted molar refractivity (Wildman–Crippen MR) is 114 cm³/mol. The lowest BCUT2D eigenvalue weighted by atomic mass is 10.1. The van der Waals surface area contributed by atoms with Gasteiger partial charge in [0, 0.05) is 11.6 Å². The van der Waals surface area contributed by atoms with Gasteiger partial charge in [-0.05, 0) is 48.7 Å². The second kappa shape index (κ2) is 9.17. The number of benzene rings is 2. The van der Waals surface area contributed by atoms with Crippen molar-refractivity contribution in [3.8, 4) is 0 Å². The molecule has 1 atom stereocenters. The van der Waals surface area contributed by atoms with Crippen molar-refractivity contribution in [1.82, 2.24) is 4.90 Å². The van der Waals surface area contributed by atoms with Crippen LogP contribution in [0.25, 0.3) is 0 Å². The van der Waals surface area contributed by atoms with Crippen LogP contribution in [0.2, 0.25) is 5.02 Å². The molecule has 0 aliphatic carbocycles. The number of nitrogens with zero attached hydrogens (tertiary/aromatic N) is 3. The van der Waals surface area contributed by atoms with Crippen LogP contribution in [-0.2, 0) is 11.2 Å². The van der Waals surface area contributed by atoms with Crippen LogP contribution in [0.5, 0.6) is 0 Å². The summed E-state index contributed by atoms with van der Waals surface area (Å²) in [6.07, 6.45) is 2.24. The topological polar surface area (TPSA) is 45.0 Å². The number of carbonyl (C=O) groups excluding carboxylic acids is 1. The lowest BCUT2D eigenvalue weighted by molar-refractivity contribution is -0.125. The third kappa shape index (κ3) is 4.88. The van der Waals surface area contributed by atoms with Gasteiger partial charge in [-0.2, -0.15) is 5.10 Å². The monoisotopic (exact) mass is 415 g/mol. The summed E-state index contributed by atoms with van der Waals surface area (Å²) in [4.78, 5) is 14.4. The number of hydrogen-bond acceptors (Lipinski definition) is 4. The van der Waals surface area contributed by atoms with Gasteiger partial charge in [0.25, 0.3) is 0 Å². The summed E-state index contributed by atoms with van der Waals surface area (Å²) in [5.41, 5.74) is 2.44. The van der Waals surface area contributed by atoms with Gasteiger partial charge in [0.05, 0.1) is 11.0 Å². The molecule has 1 saturated heterocycles. The van der Waals surface area contributed by atoms with Crippen molar-refractivity contribution in [2.75, 3.05) is 6.54 Å². The molecule has 1 fully saturated rings. The van der Waals surface area contributed by atoms with E-state index in [2.05, 4.69) is 16.8 Å². The fourth-order valence-electron chi connectivity index (χ4n) is 2.71. The highest BCUT2D eigenvalue weighted by Gasteiger charge is 2.37. The predicted octanol–water partition coefficient (Wildman–Crippen LogP) is 4.93. The van der Waals surface area contributed by atoms with Gasteiger partial charge < -0.3 is 0 Å². The summed E-state index contributed by atoms with van der Waals surface area (Å²) in [7, 11) is 0. The number of rotatable bonds is 6. The van der Waals surface area contributed by atoms with E-state index >= 15 is 0 Å². The second-order valence-electron chi connectivity index (χ2n) is 6.25. The molecule has 0 bridgehead atoms. The molecule has 2 aromatic carbocycles. The summed E-state index contributed by atoms with van der Waals surface area (Å²) >= 11 is 7.31. The largest absolute Gasteiger partial charge is 0.285 e. The first kappa shape index (κ1) is 20.3. The van der Waals surface area contributed by atoms with Crippen LogP contribution in [-0.4, -0.2) is 33.5 Å². The van der Waals surface area contributed by atoms with Crippen LogP contribution < -0.4 is 0 Å². The Bertz CT molecular complexity index is 926. The lowest BCUT2D eigenvalue weighted by Gasteiger charge is -2.13. The zero-order valence-corrected chi connectivity index (χ0v) is 16.9. The molecule has 2 aromatic rings. The Balaban J connectivity index is 1.80. The molecule has 1 aliphatic heterocycles. The molecular formula is C21H19ClFN3OS. The fraction of sp³-hybridized carbons (Fsp3) is 0.190. The average Bonchev–Trinajstić information content (AvgIpc) is 2.98. The van der Waals surface area contributed by atoms with Crippen molar-refractivity contribution in [1.29, 1.82) is 0 Å². The standard InChI is InChI=1S/C21H19ClFN3OS/c1-3-12-26-20(27)19(13-15-4-8-17(22)9-5-15)28-21(26)25-24-14(2)16-6-10-18(23)11-7-16/h3-11,19H,1,12-13H2,2H3/b24-14+,25-21+. The van der Waals surface area contributed by atoms with E-state index in [-0.39, 0.29) is 17.0 Å². The first-order chi connectivity index (χ1) is 13.5. The van der Waals surface area contributed by atoms with Crippen LogP contribution in [0.1, 0.15) is 18.1 Å². The van der Waals surface area contributed by atoms with Gasteiger partial charge in [0.1, 0.15) is 5.82 Å². The Morgan fingerprint density at radius 3 is 2.57 bits per heavy atom. The minimum Gasteiger partial charge on any atom is -0.285 e. The van der Waals surface area contributed by atoms with Gasteiger partial charge >= 0.3 is 0 Å². The SMILES string of the molecule is C=CCN1C(=O)C(Cc2ccc(Cl)cc2)S/C1=N/N=C(\C)c1ccc(F)cc1. The van der Waals surface area contributed by atoms with Crippen LogP contribution >= 0.6 is 23.4 Å². The van der Waals surface area contributed by atoms with Crippen molar-refractivity contribution in [3.63, 3.8) is 0 Å². The number of carbonyl (C=O) groups is 1. The molecule has 4 nitrogen and oxygen atoms in total. The highest BCUT2D eigenvalue weighted by molar-refractivity contribution is 8.15.